The van der Waals surface area contributed by atoms with E-state index in [1.54, 1.807) is 11.3 Å². The van der Waals surface area contributed by atoms with Crippen molar-refractivity contribution in [1.29, 1.82) is 0 Å². The van der Waals surface area contributed by atoms with Crippen LogP contribution in [-0.2, 0) is 25.8 Å². The maximum atomic E-state index is 13.3. The molecule has 1 saturated heterocycles. The van der Waals surface area contributed by atoms with Gasteiger partial charge >= 0.3 is 0 Å². The molecule has 0 radical (unpaired) electrons. The molecule has 0 spiro atoms. The third-order valence-electron chi connectivity index (χ3n) is 6.16. The van der Waals surface area contributed by atoms with Gasteiger partial charge in [-0.3, -0.25) is 4.79 Å². The molecule has 1 atom stereocenters. The fourth-order valence-corrected chi connectivity index (χ4v) is 5.86. The van der Waals surface area contributed by atoms with Crippen LogP contribution in [0.5, 0.6) is 0 Å². The minimum atomic E-state index is 0.0292. The first-order chi connectivity index (χ1) is 13.2. The van der Waals surface area contributed by atoms with E-state index in [9.17, 15) is 4.79 Å². The SMILES string of the molecule is CN1CCc2nc([C@H]3CCCN3C(=O)c3cc4c(s3)CCCC4)ncc2C1. The van der Waals surface area contributed by atoms with E-state index >= 15 is 0 Å². The quantitative estimate of drug-likeness (QED) is 0.799. The molecule has 0 bridgehead atoms. The predicted octanol–water partition coefficient (Wildman–Crippen LogP) is 3.38. The van der Waals surface area contributed by atoms with Crippen molar-refractivity contribution in [1.82, 2.24) is 19.8 Å². The van der Waals surface area contributed by atoms with Crippen LogP contribution in [0.4, 0.5) is 0 Å². The largest absolute Gasteiger partial charge is 0.328 e. The number of hydrogen-bond donors (Lipinski definition) is 0. The zero-order chi connectivity index (χ0) is 18.4. The van der Waals surface area contributed by atoms with Gasteiger partial charge in [-0.05, 0) is 57.2 Å². The number of aryl methyl sites for hydroxylation is 2. The lowest BCUT2D eigenvalue weighted by Crippen LogP contribution is -2.32. The van der Waals surface area contributed by atoms with Crippen LogP contribution in [0.2, 0.25) is 0 Å². The molecular weight excluding hydrogens is 356 g/mol. The summed E-state index contributed by atoms with van der Waals surface area (Å²) in [4.78, 5) is 29.5. The van der Waals surface area contributed by atoms with Gasteiger partial charge in [0.2, 0.25) is 0 Å². The average Bonchev–Trinajstić information content (AvgIpc) is 3.34. The Balaban J connectivity index is 1.40. The van der Waals surface area contributed by atoms with Gasteiger partial charge in [-0.1, -0.05) is 0 Å². The van der Waals surface area contributed by atoms with Crippen molar-refractivity contribution in [2.45, 2.75) is 57.5 Å². The van der Waals surface area contributed by atoms with E-state index in [2.05, 4.69) is 23.0 Å². The van der Waals surface area contributed by atoms with E-state index in [-0.39, 0.29) is 11.9 Å². The van der Waals surface area contributed by atoms with Crippen LogP contribution in [0.15, 0.2) is 12.3 Å². The number of likely N-dealkylation sites (N-methyl/N-ethyl adjacent to an activating group) is 1. The van der Waals surface area contributed by atoms with Gasteiger partial charge < -0.3 is 9.80 Å². The maximum absolute atomic E-state index is 13.3. The van der Waals surface area contributed by atoms with Crippen molar-refractivity contribution in [2.24, 2.45) is 0 Å². The van der Waals surface area contributed by atoms with Gasteiger partial charge in [-0.15, -0.1) is 11.3 Å². The second kappa shape index (κ2) is 6.99. The van der Waals surface area contributed by atoms with Crippen LogP contribution >= 0.6 is 11.3 Å². The molecule has 142 valence electrons. The van der Waals surface area contributed by atoms with Crippen LogP contribution in [-0.4, -0.2) is 45.8 Å². The number of amides is 1. The molecule has 0 aromatic carbocycles. The lowest BCUT2D eigenvalue weighted by molar-refractivity contribution is 0.0734. The summed E-state index contributed by atoms with van der Waals surface area (Å²) in [5, 5.41) is 0. The van der Waals surface area contributed by atoms with E-state index in [1.165, 1.54) is 34.5 Å². The Morgan fingerprint density at radius 1 is 1.15 bits per heavy atom. The average molecular weight is 383 g/mol. The second-order valence-electron chi connectivity index (χ2n) is 8.11. The molecule has 1 aliphatic carbocycles. The summed E-state index contributed by atoms with van der Waals surface area (Å²) in [6.07, 6.45) is 9.73. The maximum Gasteiger partial charge on any atom is 0.264 e. The smallest absolute Gasteiger partial charge is 0.264 e. The molecule has 2 aliphatic heterocycles. The van der Waals surface area contributed by atoms with Crippen LogP contribution in [0, 0.1) is 0 Å². The highest BCUT2D eigenvalue weighted by molar-refractivity contribution is 7.14. The summed E-state index contributed by atoms with van der Waals surface area (Å²) in [5.41, 5.74) is 3.80. The van der Waals surface area contributed by atoms with Crippen LogP contribution in [0.1, 0.15) is 68.9 Å². The summed E-state index contributed by atoms with van der Waals surface area (Å²) in [5.74, 6) is 1.02. The van der Waals surface area contributed by atoms with Gasteiger partial charge in [0.25, 0.3) is 5.91 Å². The fourth-order valence-electron chi connectivity index (χ4n) is 4.65. The first-order valence-electron chi connectivity index (χ1n) is 10.1. The molecule has 2 aromatic heterocycles. The molecule has 5 rings (SSSR count). The lowest BCUT2D eigenvalue weighted by atomic mass is 9.99. The van der Waals surface area contributed by atoms with E-state index < -0.39 is 0 Å². The molecule has 0 saturated carbocycles. The number of carbonyl (C=O) groups is 1. The number of hydrogen-bond acceptors (Lipinski definition) is 5. The minimum Gasteiger partial charge on any atom is -0.328 e. The van der Waals surface area contributed by atoms with Crippen LogP contribution < -0.4 is 0 Å². The highest BCUT2D eigenvalue weighted by Crippen LogP contribution is 2.35. The molecule has 6 heteroatoms. The topological polar surface area (TPSA) is 49.3 Å². The third kappa shape index (κ3) is 3.19. The molecule has 27 heavy (non-hydrogen) atoms. The number of aromatic nitrogens is 2. The molecule has 1 amide bonds. The number of thiophene rings is 1. The first-order valence-corrected chi connectivity index (χ1v) is 11.0. The lowest BCUT2D eigenvalue weighted by Gasteiger charge is -2.27. The summed E-state index contributed by atoms with van der Waals surface area (Å²) in [7, 11) is 2.13. The zero-order valence-electron chi connectivity index (χ0n) is 15.9. The first kappa shape index (κ1) is 17.3. The molecule has 3 aliphatic rings. The van der Waals surface area contributed by atoms with Gasteiger partial charge in [0, 0.05) is 48.4 Å². The van der Waals surface area contributed by atoms with Gasteiger partial charge in [0.1, 0.15) is 0 Å². The minimum absolute atomic E-state index is 0.0292. The van der Waals surface area contributed by atoms with Crippen molar-refractivity contribution in [3.8, 4) is 0 Å². The monoisotopic (exact) mass is 382 g/mol. The highest BCUT2D eigenvalue weighted by atomic mass is 32.1. The van der Waals surface area contributed by atoms with Crippen molar-refractivity contribution < 1.29 is 4.79 Å². The Morgan fingerprint density at radius 3 is 2.93 bits per heavy atom. The molecule has 5 nitrogen and oxygen atoms in total. The normalized spacial score (nSPS) is 22.6. The number of fused-ring (bicyclic) bond motifs is 2. The summed E-state index contributed by atoms with van der Waals surface area (Å²) >= 11 is 1.71. The summed E-state index contributed by atoms with van der Waals surface area (Å²) in [6, 6.07) is 2.18. The van der Waals surface area contributed by atoms with E-state index in [0.29, 0.717) is 0 Å². The number of likely N-dealkylation sites (tertiary alicyclic amines) is 1. The Kier molecular flexibility index (Phi) is 4.48. The van der Waals surface area contributed by atoms with Gasteiger partial charge in [-0.2, -0.15) is 0 Å². The zero-order valence-corrected chi connectivity index (χ0v) is 16.7. The third-order valence-corrected chi connectivity index (χ3v) is 7.39. The molecule has 0 N–H and O–H groups in total. The predicted molar refractivity (Wildman–Crippen MR) is 106 cm³/mol. The highest BCUT2D eigenvalue weighted by Gasteiger charge is 2.34. The van der Waals surface area contributed by atoms with E-state index in [0.717, 1.165) is 62.4 Å². The summed E-state index contributed by atoms with van der Waals surface area (Å²) in [6.45, 7) is 2.77. The molecular formula is C21H26N4OS. The molecule has 4 heterocycles. The Hall–Kier alpha value is -1.79. The molecule has 0 unspecified atom stereocenters. The van der Waals surface area contributed by atoms with Gasteiger partial charge in [0.15, 0.2) is 5.82 Å². The number of nitrogens with zero attached hydrogens (tertiary/aromatic N) is 4. The standard InChI is InChI=1S/C21H26N4OS/c1-24-10-8-16-15(13-24)12-22-20(23-16)17-6-4-9-25(17)21(26)19-11-14-5-2-3-7-18(14)27-19/h11-12,17H,2-10,13H2,1H3/t17-/m1/s1. The Bertz CT molecular complexity index is 854. The van der Waals surface area contributed by atoms with Crippen molar-refractivity contribution in [3.63, 3.8) is 0 Å². The number of rotatable bonds is 2. The van der Waals surface area contributed by atoms with E-state index in [4.69, 9.17) is 4.98 Å². The van der Waals surface area contributed by atoms with Crippen molar-refractivity contribution in [2.75, 3.05) is 20.1 Å². The van der Waals surface area contributed by atoms with Crippen LogP contribution in [0.3, 0.4) is 0 Å². The molecule has 2 aromatic rings. The van der Waals surface area contributed by atoms with E-state index in [1.807, 2.05) is 11.1 Å². The van der Waals surface area contributed by atoms with Crippen molar-refractivity contribution >= 4 is 17.2 Å². The van der Waals surface area contributed by atoms with Gasteiger partial charge in [0.05, 0.1) is 10.9 Å². The number of carbonyl (C=O) groups excluding carboxylic acids is 1. The summed E-state index contributed by atoms with van der Waals surface area (Å²) < 4.78 is 0. The second-order valence-corrected chi connectivity index (χ2v) is 9.25. The Morgan fingerprint density at radius 2 is 2.04 bits per heavy atom. The molecule has 1 fully saturated rings. The van der Waals surface area contributed by atoms with Crippen molar-refractivity contribution in [3.05, 3.63) is 44.7 Å². The Labute approximate surface area is 164 Å². The fraction of sp³-hybridized carbons (Fsp3) is 0.571. The van der Waals surface area contributed by atoms with Crippen LogP contribution in [0.25, 0.3) is 0 Å². The van der Waals surface area contributed by atoms with Gasteiger partial charge in [-0.25, -0.2) is 9.97 Å².